The molecule has 2 rings (SSSR count). The molecule has 0 bridgehead atoms. The molecule has 0 saturated carbocycles. The SMILES string of the molecule is CNC1COCC1C(=O)NCc1ccc(C)o1. The van der Waals surface area contributed by atoms with Crippen LogP contribution in [0.2, 0.25) is 0 Å². The van der Waals surface area contributed by atoms with Gasteiger partial charge in [-0.25, -0.2) is 0 Å². The van der Waals surface area contributed by atoms with E-state index in [-0.39, 0.29) is 17.9 Å². The van der Waals surface area contributed by atoms with Crippen LogP contribution in [-0.4, -0.2) is 32.2 Å². The summed E-state index contributed by atoms with van der Waals surface area (Å²) in [5.41, 5.74) is 0. The van der Waals surface area contributed by atoms with Crippen molar-refractivity contribution in [1.82, 2.24) is 10.6 Å². The Hall–Kier alpha value is -1.33. The monoisotopic (exact) mass is 238 g/mol. The van der Waals surface area contributed by atoms with Crippen LogP contribution >= 0.6 is 0 Å². The molecule has 94 valence electrons. The lowest BCUT2D eigenvalue weighted by atomic mass is 10.0. The summed E-state index contributed by atoms with van der Waals surface area (Å²) in [6.07, 6.45) is 0. The molecule has 1 aromatic heterocycles. The summed E-state index contributed by atoms with van der Waals surface area (Å²) < 4.78 is 10.7. The second kappa shape index (κ2) is 5.33. The second-order valence-electron chi connectivity index (χ2n) is 4.27. The molecular formula is C12H18N2O3. The van der Waals surface area contributed by atoms with E-state index >= 15 is 0 Å². The van der Waals surface area contributed by atoms with Crippen LogP contribution in [0.4, 0.5) is 0 Å². The number of hydrogen-bond donors (Lipinski definition) is 2. The van der Waals surface area contributed by atoms with Gasteiger partial charge in [-0.05, 0) is 26.1 Å². The quantitative estimate of drug-likeness (QED) is 0.799. The molecule has 2 atom stereocenters. The lowest BCUT2D eigenvalue weighted by Crippen LogP contribution is -2.42. The van der Waals surface area contributed by atoms with E-state index < -0.39 is 0 Å². The molecule has 1 fully saturated rings. The molecule has 0 spiro atoms. The van der Waals surface area contributed by atoms with E-state index in [4.69, 9.17) is 9.15 Å². The number of likely N-dealkylation sites (N-methyl/N-ethyl adjacent to an activating group) is 1. The van der Waals surface area contributed by atoms with Crippen molar-refractivity contribution in [3.8, 4) is 0 Å². The zero-order valence-electron chi connectivity index (χ0n) is 10.2. The van der Waals surface area contributed by atoms with Gasteiger partial charge in [-0.1, -0.05) is 0 Å². The topological polar surface area (TPSA) is 63.5 Å². The summed E-state index contributed by atoms with van der Waals surface area (Å²) in [5, 5.41) is 5.95. The smallest absolute Gasteiger partial charge is 0.227 e. The molecule has 1 amide bonds. The Kier molecular flexibility index (Phi) is 3.81. The molecule has 5 nitrogen and oxygen atoms in total. The van der Waals surface area contributed by atoms with Gasteiger partial charge in [0.05, 0.1) is 25.7 Å². The molecule has 1 aliphatic rings. The maximum atomic E-state index is 11.9. The Balaban J connectivity index is 1.84. The van der Waals surface area contributed by atoms with Crippen LogP contribution in [0.3, 0.4) is 0 Å². The van der Waals surface area contributed by atoms with E-state index in [1.807, 2.05) is 26.1 Å². The van der Waals surface area contributed by atoms with Gasteiger partial charge in [0.25, 0.3) is 0 Å². The summed E-state index contributed by atoms with van der Waals surface area (Å²) >= 11 is 0. The maximum absolute atomic E-state index is 11.9. The van der Waals surface area contributed by atoms with Gasteiger partial charge in [0.1, 0.15) is 11.5 Å². The predicted molar refractivity (Wildman–Crippen MR) is 62.4 cm³/mol. The van der Waals surface area contributed by atoms with Crippen LogP contribution in [0.1, 0.15) is 11.5 Å². The highest BCUT2D eigenvalue weighted by molar-refractivity contribution is 5.79. The Morgan fingerprint density at radius 1 is 1.47 bits per heavy atom. The summed E-state index contributed by atoms with van der Waals surface area (Å²) in [7, 11) is 1.84. The Labute approximate surface area is 101 Å². The van der Waals surface area contributed by atoms with Crippen LogP contribution in [0, 0.1) is 12.8 Å². The molecule has 1 aliphatic heterocycles. The molecule has 2 heterocycles. The fraction of sp³-hybridized carbons (Fsp3) is 0.583. The van der Waals surface area contributed by atoms with Crippen molar-refractivity contribution >= 4 is 5.91 Å². The molecule has 0 aliphatic carbocycles. The number of aryl methyl sites for hydroxylation is 1. The van der Waals surface area contributed by atoms with E-state index in [1.165, 1.54) is 0 Å². The fourth-order valence-electron chi connectivity index (χ4n) is 1.98. The van der Waals surface area contributed by atoms with Crippen LogP contribution in [0.5, 0.6) is 0 Å². The minimum absolute atomic E-state index is 0.0101. The van der Waals surface area contributed by atoms with Gasteiger partial charge in [-0.15, -0.1) is 0 Å². The van der Waals surface area contributed by atoms with Crippen molar-refractivity contribution in [2.75, 3.05) is 20.3 Å². The lowest BCUT2D eigenvalue weighted by molar-refractivity contribution is -0.125. The van der Waals surface area contributed by atoms with Gasteiger partial charge < -0.3 is 19.8 Å². The number of amides is 1. The standard InChI is InChI=1S/C12H18N2O3/c1-8-3-4-9(17-8)5-14-12(15)10-6-16-7-11(10)13-2/h3-4,10-11,13H,5-7H2,1-2H3,(H,14,15). The van der Waals surface area contributed by atoms with E-state index in [0.717, 1.165) is 11.5 Å². The molecule has 1 aromatic rings. The third-order valence-electron chi connectivity index (χ3n) is 3.02. The van der Waals surface area contributed by atoms with Crippen molar-refractivity contribution in [2.24, 2.45) is 5.92 Å². The first-order chi connectivity index (χ1) is 8.20. The number of rotatable bonds is 4. The fourth-order valence-corrected chi connectivity index (χ4v) is 1.98. The zero-order chi connectivity index (χ0) is 12.3. The van der Waals surface area contributed by atoms with E-state index in [0.29, 0.717) is 19.8 Å². The number of furan rings is 1. The van der Waals surface area contributed by atoms with Gasteiger partial charge in [0.15, 0.2) is 0 Å². The summed E-state index contributed by atoms with van der Waals surface area (Å²) in [5.74, 6) is 1.52. The van der Waals surface area contributed by atoms with Crippen molar-refractivity contribution in [3.63, 3.8) is 0 Å². The van der Waals surface area contributed by atoms with Crippen molar-refractivity contribution in [3.05, 3.63) is 23.7 Å². The summed E-state index contributed by atoms with van der Waals surface area (Å²) in [6.45, 7) is 3.38. The number of carbonyl (C=O) groups excluding carboxylic acids is 1. The molecule has 1 saturated heterocycles. The van der Waals surface area contributed by atoms with Gasteiger partial charge in [0.2, 0.25) is 5.91 Å². The predicted octanol–water partition coefficient (Wildman–Crippen LogP) is 0.439. The first-order valence-electron chi connectivity index (χ1n) is 5.78. The third-order valence-corrected chi connectivity index (χ3v) is 3.02. The maximum Gasteiger partial charge on any atom is 0.227 e. The largest absolute Gasteiger partial charge is 0.465 e. The first kappa shape index (κ1) is 12.1. The van der Waals surface area contributed by atoms with Crippen molar-refractivity contribution < 1.29 is 13.9 Å². The van der Waals surface area contributed by atoms with Crippen molar-refractivity contribution in [1.29, 1.82) is 0 Å². The molecular weight excluding hydrogens is 220 g/mol. The second-order valence-corrected chi connectivity index (χ2v) is 4.27. The van der Waals surface area contributed by atoms with Crippen LogP contribution in [0.25, 0.3) is 0 Å². The Morgan fingerprint density at radius 3 is 2.94 bits per heavy atom. The first-order valence-corrected chi connectivity index (χ1v) is 5.78. The van der Waals surface area contributed by atoms with Gasteiger partial charge in [-0.3, -0.25) is 4.79 Å². The van der Waals surface area contributed by atoms with E-state index in [2.05, 4.69) is 10.6 Å². The van der Waals surface area contributed by atoms with Crippen LogP contribution < -0.4 is 10.6 Å². The molecule has 17 heavy (non-hydrogen) atoms. The third kappa shape index (κ3) is 2.87. The number of nitrogens with one attached hydrogen (secondary N) is 2. The Bertz CT molecular complexity index is 389. The highest BCUT2D eigenvalue weighted by Gasteiger charge is 2.32. The highest BCUT2D eigenvalue weighted by Crippen LogP contribution is 2.14. The lowest BCUT2D eigenvalue weighted by Gasteiger charge is -2.15. The number of carbonyl (C=O) groups is 1. The van der Waals surface area contributed by atoms with Crippen LogP contribution in [-0.2, 0) is 16.1 Å². The number of ether oxygens (including phenoxy) is 1. The molecule has 5 heteroatoms. The van der Waals surface area contributed by atoms with Crippen molar-refractivity contribution in [2.45, 2.75) is 19.5 Å². The minimum Gasteiger partial charge on any atom is -0.465 e. The average molecular weight is 238 g/mol. The molecule has 0 aromatic carbocycles. The Morgan fingerprint density at radius 2 is 2.29 bits per heavy atom. The summed E-state index contributed by atoms with van der Waals surface area (Å²) in [4.78, 5) is 11.9. The van der Waals surface area contributed by atoms with Crippen LogP contribution in [0.15, 0.2) is 16.5 Å². The van der Waals surface area contributed by atoms with Gasteiger partial charge in [-0.2, -0.15) is 0 Å². The van der Waals surface area contributed by atoms with E-state index in [9.17, 15) is 4.79 Å². The number of hydrogen-bond acceptors (Lipinski definition) is 4. The zero-order valence-corrected chi connectivity index (χ0v) is 10.2. The van der Waals surface area contributed by atoms with E-state index in [1.54, 1.807) is 0 Å². The van der Waals surface area contributed by atoms with Gasteiger partial charge >= 0.3 is 0 Å². The molecule has 2 N–H and O–H groups in total. The average Bonchev–Trinajstić information content (AvgIpc) is 2.94. The highest BCUT2D eigenvalue weighted by atomic mass is 16.5. The molecule has 2 unspecified atom stereocenters. The minimum atomic E-state index is -0.115. The molecule has 0 radical (unpaired) electrons. The summed E-state index contributed by atoms with van der Waals surface area (Å²) in [6, 6.07) is 3.86. The normalized spacial score (nSPS) is 23.9. The van der Waals surface area contributed by atoms with Gasteiger partial charge in [0, 0.05) is 6.04 Å².